The SMILES string of the molecule is CC(C)c1noc(COC2CNC2)n1. The van der Waals surface area contributed by atoms with Crippen LogP contribution >= 0.6 is 0 Å². The zero-order chi connectivity index (χ0) is 9.97. The van der Waals surface area contributed by atoms with Crippen molar-refractivity contribution < 1.29 is 9.26 Å². The number of ether oxygens (including phenoxy) is 1. The maximum Gasteiger partial charge on any atom is 0.252 e. The van der Waals surface area contributed by atoms with Crippen LogP contribution in [-0.2, 0) is 11.3 Å². The molecule has 1 fully saturated rings. The smallest absolute Gasteiger partial charge is 0.252 e. The number of hydrogen-bond acceptors (Lipinski definition) is 5. The van der Waals surface area contributed by atoms with Crippen molar-refractivity contribution in [3.8, 4) is 0 Å². The molecule has 1 saturated heterocycles. The van der Waals surface area contributed by atoms with Gasteiger partial charge in [-0.15, -0.1) is 0 Å². The second kappa shape index (κ2) is 4.06. The summed E-state index contributed by atoms with van der Waals surface area (Å²) >= 11 is 0. The predicted molar refractivity (Wildman–Crippen MR) is 49.8 cm³/mol. The number of nitrogens with zero attached hydrogens (tertiary/aromatic N) is 2. The van der Waals surface area contributed by atoms with Gasteiger partial charge in [0.05, 0.1) is 6.10 Å². The largest absolute Gasteiger partial charge is 0.366 e. The van der Waals surface area contributed by atoms with E-state index in [4.69, 9.17) is 9.26 Å². The molecule has 2 rings (SSSR count). The molecule has 0 radical (unpaired) electrons. The molecule has 14 heavy (non-hydrogen) atoms. The van der Waals surface area contributed by atoms with Crippen LogP contribution in [0.2, 0.25) is 0 Å². The predicted octanol–water partition coefficient (Wildman–Crippen LogP) is 0.681. The molecule has 0 amide bonds. The quantitative estimate of drug-likeness (QED) is 0.769. The highest BCUT2D eigenvalue weighted by Crippen LogP contribution is 2.11. The van der Waals surface area contributed by atoms with Crippen LogP contribution in [0, 0.1) is 0 Å². The van der Waals surface area contributed by atoms with E-state index in [1.54, 1.807) is 0 Å². The van der Waals surface area contributed by atoms with Crippen LogP contribution in [0.4, 0.5) is 0 Å². The lowest BCUT2D eigenvalue weighted by Crippen LogP contribution is -2.48. The zero-order valence-corrected chi connectivity index (χ0v) is 8.49. The van der Waals surface area contributed by atoms with Gasteiger partial charge >= 0.3 is 0 Å². The molecule has 0 saturated carbocycles. The van der Waals surface area contributed by atoms with Gasteiger partial charge in [-0.1, -0.05) is 19.0 Å². The van der Waals surface area contributed by atoms with Crippen molar-refractivity contribution in [2.45, 2.75) is 32.5 Å². The van der Waals surface area contributed by atoms with Gasteiger partial charge in [0, 0.05) is 19.0 Å². The standard InChI is InChI=1S/C9H15N3O2/c1-6(2)9-11-8(14-12-9)5-13-7-3-10-4-7/h6-7,10H,3-5H2,1-2H3. The van der Waals surface area contributed by atoms with Crippen molar-refractivity contribution >= 4 is 0 Å². The van der Waals surface area contributed by atoms with E-state index < -0.39 is 0 Å². The van der Waals surface area contributed by atoms with Crippen LogP contribution in [0.25, 0.3) is 0 Å². The van der Waals surface area contributed by atoms with Gasteiger partial charge in [-0.25, -0.2) is 0 Å². The van der Waals surface area contributed by atoms with Crippen LogP contribution in [0.1, 0.15) is 31.5 Å². The molecular formula is C9H15N3O2. The summed E-state index contributed by atoms with van der Waals surface area (Å²) < 4.78 is 10.5. The first-order valence-electron chi connectivity index (χ1n) is 4.90. The summed E-state index contributed by atoms with van der Waals surface area (Å²) in [5.41, 5.74) is 0. The fraction of sp³-hybridized carbons (Fsp3) is 0.778. The van der Waals surface area contributed by atoms with Crippen molar-refractivity contribution in [2.24, 2.45) is 0 Å². The molecule has 0 unspecified atom stereocenters. The Hall–Kier alpha value is -0.940. The Kier molecular flexibility index (Phi) is 2.79. The van der Waals surface area contributed by atoms with E-state index >= 15 is 0 Å². The molecule has 1 aliphatic heterocycles. The molecule has 78 valence electrons. The first-order chi connectivity index (χ1) is 6.75. The number of nitrogens with one attached hydrogen (secondary N) is 1. The molecule has 2 heterocycles. The van der Waals surface area contributed by atoms with Crippen molar-refractivity contribution in [3.63, 3.8) is 0 Å². The van der Waals surface area contributed by atoms with Crippen molar-refractivity contribution in [1.82, 2.24) is 15.5 Å². The molecule has 5 nitrogen and oxygen atoms in total. The van der Waals surface area contributed by atoms with E-state index in [0.29, 0.717) is 24.5 Å². The fourth-order valence-corrected chi connectivity index (χ4v) is 1.13. The van der Waals surface area contributed by atoms with Crippen molar-refractivity contribution in [1.29, 1.82) is 0 Å². The minimum absolute atomic E-state index is 0.304. The Morgan fingerprint density at radius 2 is 2.36 bits per heavy atom. The maximum absolute atomic E-state index is 5.50. The Labute approximate surface area is 82.8 Å². The van der Waals surface area contributed by atoms with Crippen LogP contribution in [0.15, 0.2) is 4.52 Å². The van der Waals surface area contributed by atoms with Gasteiger partial charge in [-0.05, 0) is 0 Å². The van der Waals surface area contributed by atoms with Crippen LogP contribution in [-0.4, -0.2) is 29.3 Å². The molecule has 0 spiro atoms. The lowest BCUT2D eigenvalue weighted by molar-refractivity contribution is -0.00397. The summed E-state index contributed by atoms with van der Waals surface area (Å²) in [6, 6.07) is 0. The molecule has 5 heteroatoms. The number of aromatic nitrogens is 2. The molecule has 1 N–H and O–H groups in total. The summed E-state index contributed by atoms with van der Waals surface area (Å²) in [5, 5.41) is 6.99. The summed E-state index contributed by atoms with van der Waals surface area (Å²) in [6.45, 7) is 6.33. The van der Waals surface area contributed by atoms with E-state index in [2.05, 4.69) is 15.5 Å². The highest BCUT2D eigenvalue weighted by atomic mass is 16.5. The van der Waals surface area contributed by atoms with E-state index in [1.165, 1.54) is 0 Å². The molecule has 0 aromatic carbocycles. The summed E-state index contributed by atoms with van der Waals surface area (Å²) in [5.74, 6) is 1.62. The first-order valence-corrected chi connectivity index (χ1v) is 4.90. The molecule has 0 aliphatic carbocycles. The molecule has 1 aliphatic rings. The van der Waals surface area contributed by atoms with Crippen LogP contribution in [0.3, 0.4) is 0 Å². The summed E-state index contributed by atoms with van der Waals surface area (Å²) in [7, 11) is 0. The van der Waals surface area contributed by atoms with Gasteiger partial charge in [0.2, 0.25) is 0 Å². The topological polar surface area (TPSA) is 60.2 Å². The lowest BCUT2D eigenvalue weighted by Gasteiger charge is -2.26. The van der Waals surface area contributed by atoms with Gasteiger partial charge in [0.25, 0.3) is 5.89 Å². The van der Waals surface area contributed by atoms with E-state index in [0.717, 1.165) is 18.9 Å². The highest BCUT2D eigenvalue weighted by molar-refractivity contribution is 4.90. The van der Waals surface area contributed by atoms with Gasteiger partial charge in [-0.3, -0.25) is 0 Å². The van der Waals surface area contributed by atoms with E-state index in [1.807, 2.05) is 13.8 Å². The third-order valence-corrected chi connectivity index (χ3v) is 2.19. The maximum atomic E-state index is 5.50. The van der Waals surface area contributed by atoms with Crippen molar-refractivity contribution in [2.75, 3.05) is 13.1 Å². The second-order valence-electron chi connectivity index (χ2n) is 3.79. The fourth-order valence-electron chi connectivity index (χ4n) is 1.13. The average Bonchev–Trinajstić information content (AvgIpc) is 2.50. The zero-order valence-electron chi connectivity index (χ0n) is 8.49. The Balaban J connectivity index is 1.83. The Bertz CT molecular complexity index is 294. The van der Waals surface area contributed by atoms with Gasteiger partial charge in [-0.2, -0.15) is 4.98 Å². The van der Waals surface area contributed by atoms with Gasteiger partial charge in [0.1, 0.15) is 6.61 Å². The molecule has 1 aromatic rings. The lowest BCUT2D eigenvalue weighted by atomic mass is 10.2. The molecule has 1 aromatic heterocycles. The minimum Gasteiger partial charge on any atom is -0.366 e. The average molecular weight is 197 g/mol. The molecular weight excluding hydrogens is 182 g/mol. The van der Waals surface area contributed by atoms with E-state index in [9.17, 15) is 0 Å². The molecule has 0 bridgehead atoms. The Morgan fingerprint density at radius 1 is 1.57 bits per heavy atom. The number of rotatable bonds is 4. The first kappa shape index (κ1) is 9.61. The van der Waals surface area contributed by atoms with Gasteiger partial charge in [0.15, 0.2) is 5.82 Å². The highest BCUT2D eigenvalue weighted by Gasteiger charge is 2.18. The normalized spacial score (nSPS) is 17.4. The molecule has 0 atom stereocenters. The third-order valence-electron chi connectivity index (χ3n) is 2.19. The van der Waals surface area contributed by atoms with Gasteiger partial charge < -0.3 is 14.6 Å². The monoisotopic (exact) mass is 197 g/mol. The van der Waals surface area contributed by atoms with E-state index in [-0.39, 0.29) is 0 Å². The van der Waals surface area contributed by atoms with Crippen LogP contribution in [0.5, 0.6) is 0 Å². The number of hydrogen-bond donors (Lipinski definition) is 1. The minimum atomic E-state index is 0.304. The summed E-state index contributed by atoms with van der Waals surface area (Å²) in [6.07, 6.45) is 0.310. The summed E-state index contributed by atoms with van der Waals surface area (Å²) in [4.78, 5) is 4.22. The third kappa shape index (κ3) is 2.10. The van der Waals surface area contributed by atoms with Crippen LogP contribution < -0.4 is 5.32 Å². The van der Waals surface area contributed by atoms with Crippen molar-refractivity contribution in [3.05, 3.63) is 11.7 Å². The second-order valence-corrected chi connectivity index (χ2v) is 3.79. The Morgan fingerprint density at radius 3 is 2.86 bits per heavy atom.